The van der Waals surface area contributed by atoms with Crippen molar-refractivity contribution >= 4 is 45.6 Å². The van der Waals surface area contributed by atoms with Gasteiger partial charge in [0.25, 0.3) is 5.91 Å². The van der Waals surface area contributed by atoms with Crippen molar-refractivity contribution in [2.24, 2.45) is 0 Å². The Hall–Kier alpha value is -4.65. The van der Waals surface area contributed by atoms with Gasteiger partial charge in [-0.15, -0.1) is 0 Å². The molecule has 4 rings (SSSR count). The molecule has 1 aliphatic rings. The Morgan fingerprint density at radius 1 is 1.16 bits per heavy atom. The molecule has 196 valence electrons. The number of ether oxygens (including phenoxy) is 3. The molecular formula is C25H20BrN3O9. The molecule has 0 radical (unpaired) electrons. The molecule has 3 amide bonds. The first-order valence-corrected chi connectivity index (χ1v) is 11.7. The second-order valence-corrected chi connectivity index (χ2v) is 8.80. The number of halogens is 1. The third-order valence-corrected chi connectivity index (χ3v) is 5.93. The minimum Gasteiger partial charge on any atom is -0.493 e. The predicted octanol–water partition coefficient (Wildman–Crippen LogP) is 4.42. The van der Waals surface area contributed by atoms with Crippen LogP contribution in [0, 0.1) is 10.1 Å². The molecule has 0 aliphatic carbocycles. The number of hydrogen-bond donors (Lipinski definition) is 1. The number of urea groups is 1. The van der Waals surface area contributed by atoms with E-state index >= 15 is 0 Å². The lowest BCUT2D eigenvalue weighted by Crippen LogP contribution is -2.30. The first-order chi connectivity index (χ1) is 18.2. The van der Waals surface area contributed by atoms with Crippen LogP contribution in [0.15, 0.2) is 63.1 Å². The van der Waals surface area contributed by atoms with Crippen LogP contribution < -0.4 is 14.8 Å². The highest BCUT2D eigenvalue weighted by Crippen LogP contribution is 2.39. The number of benzene rings is 2. The minimum atomic E-state index is -0.729. The lowest BCUT2D eigenvalue weighted by atomic mass is 10.1. The Morgan fingerprint density at radius 3 is 2.55 bits per heavy atom. The third-order valence-electron chi connectivity index (χ3n) is 5.41. The van der Waals surface area contributed by atoms with Crippen LogP contribution in [0.3, 0.4) is 0 Å². The van der Waals surface area contributed by atoms with Crippen LogP contribution in [-0.4, -0.2) is 42.0 Å². The molecule has 13 heteroatoms. The summed E-state index contributed by atoms with van der Waals surface area (Å²) in [7, 11) is 2.53. The van der Waals surface area contributed by atoms with Gasteiger partial charge in [0.2, 0.25) is 11.5 Å². The number of esters is 1. The van der Waals surface area contributed by atoms with Crippen molar-refractivity contribution in [3.05, 3.63) is 91.5 Å². The van der Waals surface area contributed by atoms with E-state index in [0.29, 0.717) is 0 Å². The highest BCUT2D eigenvalue weighted by Gasteiger charge is 2.35. The molecule has 1 saturated heterocycles. The Labute approximate surface area is 224 Å². The molecule has 1 N–H and O–H groups in total. The summed E-state index contributed by atoms with van der Waals surface area (Å²) in [6, 6.07) is 12.0. The normalized spacial score (nSPS) is 14.0. The van der Waals surface area contributed by atoms with Gasteiger partial charge in [-0.2, -0.15) is 0 Å². The van der Waals surface area contributed by atoms with Crippen LogP contribution in [0.25, 0.3) is 6.08 Å². The Bertz CT molecular complexity index is 1450. The molecule has 1 aliphatic heterocycles. The van der Waals surface area contributed by atoms with E-state index in [1.54, 1.807) is 12.1 Å². The van der Waals surface area contributed by atoms with Crippen molar-refractivity contribution in [1.82, 2.24) is 10.2 Å². The molecule has 1 aromatic heterocycles. The Kier molecular flexibility index (Phi) is 7.76. The van der Waals surface area contributed by atoms with Crippen molar-refractivity contribution in [2.75, 3.05) is 14.2 Å². The number of rotatable bonds is 9. The molecule has 3 aromatic rings. The van der Waals surface area contributed by atoms with E-state index in [9.17, 15) is 24.5 Å². The summed E-state index contributed by atoms with van der Waals surface area (Å²) in [6.45, 7) is -0.190. The minimum absolute atomic E-state index is 0.0545. The fraction of sp³-hybridized carbons (Fsp3) is 0.160. The molecule has 0 atom stereocenters. The number of amides is 3. The molecular weight excluding hydrogens is 566 g/mol. The van der Waals surface area contributed by atoms with Gasteiger partial charge in [-0.25, -0.2) is 9.59 Å². The fourth-order valence-electron chi connectivity index (χ4n) is 3.57. The number of furan rings is 1. The van der Waals surface area contributed by atoms with Crippen LogP contribution in [0.5, 0.6) is 11.5 Å². The maximum Gasteiger partial charge on any atom is 0.373 e. The monoisotopic (exact) mass is 585 g/mol. The highest BCUT2D eigenvalue weighted by atomic mass is 79.9. The van der Waals surface area contributed by atoms with Gasteiger partial charge in [-0.3, -0.25) is 19.8 Å². The number of nitro benzene ring substituents is 1. The lowest BCUT2D eigenvalue weighted by molar-refractivity contribution is -0.386. The zero-order valence-electron chi connectivity index (χ0n) is 20.1. The van der Waals surface area contributed by atoms with E-state index in [1.165, 1.54) is 44.6 Å². The van der Waals surface area contributed by atoms with Gasteiger partial charge in [0.05, 0.1) is 25.7 Å². The zero-order chi connectivity index (χ0) is 27.4. The number of carbonyl (C=O) groups is 3. The molecule has 2 heterocycles. The fourth-order valence-corrected chi connectivity index (χ4v) is 3.84. The van der Waals surface area contributed by atoms with Crippen molar-refractivity contribution < 1.29 is 37.9 Å². The summed E-state index contributed by atoms with van der Waals surface area (Å²) in [4.78, 5) is 49.0. The van der Waals surface area contributed by atoms with Gasteiger partial charge >= 0.3 is 17.7 Å². The van der Waals surface area contributed by atoms with Crippen LogP contribution >= 0.6 is 15.9 Å². The maximum atomic E-state index is 12.9. The predicted molar refractivity (Wildman–Crippen MR) is 135 cm³/mol. The molecule has 12 nitrogen and oxygen atoms in total. The Balaban J connectivity index is 1.57. The SMILES string of the molecule is COC(=O)c1ccc(CN2C(=O)N/C(=C\c3cc(OC)c(OCc4ccc(Br)cc4)c([N+](=O)[O-])c3)C2=O)o1. The largest absolute Gasteiger partial charge is 0.493 e. The number of methoxy groups -OCH3 is 2. The van der Waals surface area contributed by atoms with Gasteiger partial charge in [-0.1, -0.05) is 28.1 Å². The summed E-state index contributed by atoms with van der Waals surface area (Å²) in [5, 5.41) is 14.3. The molecule has 38 heavy (non-hydrogen) atoms. The van der Waals surface area contributed by atoms with Gasteiger partial charge in [0, 0.05) is 10.5 Å². The molecule has 0 spiro atoms. The molecule has 0 saturated carbocycles. The second kappa shape index (κ2) is 11.2. The average Bonchev–Trinajstić information content (AvgIpc) is 3.48. The summed E-state index contributed by atoms with van der Waals surface area (Å²) < 4.78 is 21.8. The number of nitrogens with one attached hydrogen (secondary N) is 1. The van der Waals surface area contributed by atoms with Gasteiger partial charge in [-0.05, 0) is 47.5 Å². The molecule has 1 fully saturated rings. The number of carbonyl (C=O) groups excluding carboxylic acids is 3. The van der Waals surface area contributed by atoms with Crippen molar-refractivity contribution in [3.63, 3.8) is 0 Å². The zero-order valence-corrected chi connectivity index (χ0v) is 21.6. The highest BCUT2D eigenvalue weighted by molar-refractivity contribution is 9.10. The summed E-state index contributed by atoms with van der Waals surface area (Å²) in [5.41, 5.74) is 0.508. The first kappa shape index (κ1) is 26.4. The van der Waals surface area contributed by atoms with E-state index in [-0.39, 0.29) is 53.1 Å². The summed E-state index contributed by atoms with van der Waals surface area (Å²) in [6.07, 6.45) is 1.29. The molecule has 2 aromatic carbocycles. The summed E-state index contributed by atoms with van der Waals surface area (Å²) in [5.74, 6) is -1.29. The second-order valence-electron chi connectivity index (χ2n) is 7.88. The van der Waals surface area contributed by atoms with Crippen molar-refractivity contribution in [2.45, 2.75) is 13.2 Å². The number of imide groups is 1. The lowest BCUT2D eigenvalue weighted by Gasteiger charge is -2.12. The van der Waals surface area contributed by atoms with Gasteiger partial charge in [0.15, 0.2) is 5.75 Å². The smallest absolute Gasteiger partial charge is 0.373 e. The Morgan fingerprint density at radius 2 is 1.89 bits per heavy atom. The number of nitrogens with zero attached hydrogens (tertiary/aromatic N) is 2. The third kappa shape index (κ3) is 5.67. The van der Waals surface area contributed by atoms with Gasteiger partial charge in [0.1, 0.15) is 18.1 Å². The van der Waals surface area contributed by atoms with E-state index in [1.807, 2.05) is 12.1 Å². The molecule has 0 unspecified atom stereocenters. The van der Waals surface area contributed by atoms with Crippen molar-refractivity contribution in [3.8, 4) is 11.5 Å². The van der Waals surface area contributed by atoms with E-state index < -0.39 is 22.8 Å². The van der Waals surface area contributed by atoms with Crippen LogP contribution in [0.2, 0.25) is 0 Å². The van der Waals surface area contributed by atoms with Crippen molar-refractivity contribution in [1.29, 1.82) is 0 Å². The van der Waals surface area contributed by atoms with E-state index in [4.69, 9.17) is 13.9 Å². The number of hydrogen-bond acceptors (Lipinski definition) is 9. The first-order valence-electron chi connectivity index (χ1n) is 11.0. The topological polar surface area (TPSA) is 150 Å². The summed E-state index contributed by atoms with van der Waals surface area (Å²) >= 11 is 3.35. The van der Waals surface area contributed by atoms with Crippen LogP contribution in [-0.2, 0) is 22.7 Å². The maximum absolute atomic E-state index is 12.9. The van der Waals surface area contributed by atoms with E-state index in [0.717, 1.165) is 14.9 Å². The standard InChI is InChI=1S/C25H20BrN3O9/c1-35-21-11-15(10-19(29(33)34)22(21)37-13-14-3-5-16(26)6-4-14)9-18-23(30)28(25(32)27-18)12-17-7-8-20(38-17)24(31)36-2/h3-11H,12-13H2,1-2H3,(H,27,32)/b18-9-. The van der Waals surface area contributed by atoms with Crippen LogP contribution in [0.4, 0.5) is 10.5 Å². The quantitative estimate of drug-likeness (QED) is 0.126. The van der Waals surface area contributed by atoms with Gasteiger partial charge < -0.3 is 23.9 Å². The van der Waals surface area contributed by atoms with E-state index in [2.05, 4.69) is 26.0 Å². The molecule has 0 bridgehead atoms. The number of nitro groups is 1. The average molecular weight is 586 g/mol. The van der Waals surface area contributed by atoms with Crippen LogP contribution in [0.1, 0.15) is 27.4 Å².